The van der Waals surface area contributed by atoms with Crippen LogP contribution in [0, 0.1) is 0 Å². The van der Waals surface area contributed by atoms with Crippen LogP contribution >= 0.6 is 15.9 Å². The Kier molecular flexibility index (Phi) is 5.73. The molecule has 1 N–H and O–H groups in total. The summed E-state index contributed by atoms with van der Waals surface area (Å²) in [4.78, 5) is 9.31. The zero-order valence-corrected chi connectivity index (χ0v) is 16.5. The van der Waals surface area contributed by atoms with E-state index in [9.17, 15) is 13.2 Å². The van der Waals surface area contributed by atoms with Gasteiger partial charge in [-0.2, -0.15) is 18.2 Å². The molecular weight excluding hydrogens is 437 g/mol. The Morgan fingerprint density at radius 3 is 2.25 bits per heavy atom. The summed E-state index contributed by atoms with van der Waals surface area (Å²) in [5.74, 6) is 0.465. The van der Waals surface area contributed by atoms with Gasteiger partial charge in [0.05, 0.1) is 7.11 Å². The molecule has 0 aliphatic carbocycles. The van der Waals surface area contributed by atoms with Crippen LogP contribution in [-0.2, 0) is 6.18 Å². The van der Waals surface area contributed by atoms with E-state index in [4.69, 9.17) is 4.74 Å². The summed E-state index contributed by atoms with van der Waals surface area (Å²) < 4.78 is 46.4. The number of anilines is 4. The molecule has 0 radical (unpaired) electrons. The van der Waals surface area contributed by atoms with Crippen molar-refractivity contribution in [3.8, 4) is 5.75 Å². The van der Waals surface area contributed by atoms with Crippen LogP contribution in [0.5, 0.6) is 5.75 Å². The third kappa shape index (κ3) is 4.53. The molecule has 0 atom stereocenters. The minimum Gasteiger partial charge on any atom is -0.497 e. The molecule has 0 aliphatic rings. The van der Waals surface area contributed by atoms with Crippen molar-refractivity contribution in [3.63, 3.8) is 0 Å². The molecule has 0 spiro atoms. The average Bonchev–Trinajstić information content (AvgIpc) is 2.68. The fourth-order valence-electron chi connectivity index (χ4n) is 2.48. The van der Waals surface area contributed by atoms with Crippen molar-refractivity contribution in [2.24, 2.45) is 0 Å². The summed E-state index contributed by atoms with van der Waals surface area (Å²) in [5.41, 5.74) is 0.263. The lowest BCUT2D eigenvalue weighted by Crippen LogP contribution is -2.19. The van der Waals surface area contributed by atoms with Gasteiger partial charge in [0.1, 0.15) is 11.3 Å². The molecule has 0 amide bonds. The molecule has 0 saturated heterocycles. The van der Waals surface area contributed by atoms with E-state index in [0.717, 1.165) is 10.7 Å². The van der Waals surface area contributed by atoms with Crippen molar-refractivity contribution in [1.29, 1.82) is 0 Å². The first kappa shape index (κ1) is 19.9. The van der Waals surface area contributed by atoms with Crippen LogP contribution in [0.15, 0.2) is 59.2 Å². The first-order valence-corrected chi connectivity index (χ1v) is 8.92. The predicted octanol–water partition coefficient (Wildman–Crippen LogP) is 5.78. The SMILES string of the molecule is COc1ccc(Nc2ncc(C(F)(F)F)c(N(C)c3ccc(Br)cc3)n2)cc1. The fraction of sp³-hybridized carbons (Fsp3) is 0.158. The number of halogens is 4. The maximum atomic E-state index is 13.5. The largest absolute Gasteiger partial charge is 0.497 e. The number of nitrogens with one attached hydrogen (secondary N) is 1. The van der Waals surface area contributed by atoms with E-state index in [1.807, 2.05) is 0 Å². The lowest BCUT2D eigenvalue weighted by Gasteiger charge is -2.23. The van der Waals surface area contributed by atoms with E-state index in [2.05, 4.69) is 31.2 Å². The maximum Gasteiger partial charge on any atom is 0.421 e. The Hall–Kier alpha value is -2.81. The second kappa shape index (κ2) is 8.05. The molecule has 3 aromatic rings. The quantitative estimate of drug-likeness (QED) is 0.531. The molecule has 0 unspecified atom stereocenters. The van der Waals surface area contributed by atoms with Crippen LogP contribution in [0.3, 0.4) is 0 Å². The van der Waals surface area contributed by atoms with E-state index in [-0.39, 0.29) is 11.8 Å². The van der Waals surface area contributed by atoms with Crippen LogP contribution in [-0.4, -0.2) is 24.1 Å². The molecule has 5 nitrogen and oxygen atoms in total. The van der Waals surface area contributed by atoms with Gasteiger partial charge in [-0.1, -0.05) is 15.9 Å². The number of hydrogen-bond donors (Lipinski definition) is 1. The number of rotatable bonds is 5. The molecule has 9 heteroatoms. The molecule has 3 rings (SSSR count). The molecule has 1 heterocycles. The highest BCUT2D eigenvalue weighted by Gasteiger charge is 2.36. The number of hydrogen-bond acceptors (Lipinski definition) is 5. The van der Waals surface area contributed by atoms with Gasteiger partial charge in [-0.05, 0) is 48.5 Å². The first-order chi connectivity index (χ1) is 13.3. The Balaban J connectivity index is 1.97. The van der Waals surface area contributed by atoms with E-state index in [1.165, 1.54) is 11.9 Å². The first-order valence-electron chi connectivity index (χ1n) is 8.12. The number of aromatic nitrogens is 2. The second-order valence-electron chi connectivity index (χ2n) is 5.82. The predicted molar refractivity (Wildman–Crippen MR) is 106 cm³/mol. The number of benzene rings is 2. The summed E-state index contributed by atoms with van der Waals surface area (Å²) >= 11 is 3.31. The highest BCUT2D eigenvalue weighted by Crippen LogP contribution is 2.37. The van der Waals surface area contributed by atoms with Gasteiger partial charge in [-0.3, -0.25) is 0 Å². The van der Waals surface area contributed by atoms with Crippen LogP contribution in [0.25, 0.3) is 0 Å². The minimum atomic E-state index is -4.59. The van der Waals surface area contributed by atoms with E-state index in [0.29, 0.717) is 17.1 Å². The summed E-state index contributed by atoms with van der Waals surface area (Å²) in [5, 5.41) is 2.91. The topological polar surface area (TPSA) is 50.3 Å². The zero-order chi connectivity index (χ0) is 20.3. The molecule has 146 valence electrons. The molecule has 2 aromatic carbocycles. The molecule has 1 aromatic heterocycles. The van der Waals surface area contributed by atoms with Crippen molar-refractivity contribution < 1.29 is 17.9 Å². The standard InChI is InChI=1S/C19H16BrF3N4O/c1-27(14-7-3-12(20)4-8-14)17-16(19(21,22)23)11-24-18(26-17)25-13-5-9-15(28-2)10-6-13/h3-11H,1-2H3,(H,24,25,26). The lowest BCUT2D eigenvalue weighted by molar-refractivity contribution is -0.137. The molecule has 0 bridgehead atoms. The number of methoxy groups -OCH3 is 1. The number of ether oxygens (including phenoxy) is 1. The molecule has 0 fully saturated rings. The van der Waals surface area contributed by atoms with Crippen LogP contribution < -0.4 is 15.0 Å². The third-order valence-corrected chi connectivity index (χ3v) is 4.48. The Morgan fingerprint density at radius 1 is 1.04 bits per heavy atom. The highest BCUT2D eigenvalue weighted by molar-refractivity contribution is 9.10. The van der Waals surface area contributed by atoms with Crippen molar-refractivity contribution in [3.05, 3.63) is 64.8 Å². The van der Waals surface area contributed by atoms with Gasteiger partial charge in [0.25, 0.3) is 0 Å². The van der Waals surface area contributed by atoms with Crippen molar-refractivity contribution in [2.75, 3.05) is 24.4 Å². The molecule has 28 heavy (non-hydrogen) atoms. The van der Waals surface area contributed by atoms with Crippen molar-refractivity contribution in [2.45, 2.75) is 6.18 Å². The highest BCUT2D eigenvalue weighted by atomic mass is 79.9. The van der Waals surface area contributed by atoms with E-state index >= 15 is 0 Å². The summed E-state index contributed by atoms with van der Waals surface area (Å²) in [6.07, 6.45) is -3.80. The van der Waals surface area contributed by atoms with E-state index < -0.39 is 11.7 Å². The van der Waals surface area contributed by atoms with Gasteiger partial charge in [0.15, 0.2) is 5.82 Å². The average molecular weight is 453 g/mol. The van der Waals surface area contributed by atoms with Gasteiger partial charge < -0.3 is 15.0 Å². The van der Waals surface area contributed by atoms with Crippen molar-refractivity contribution >= 4 is 39.1 Å². The van der Waals surface area contributed by atoms with Gasteiger partial charge in [0.2, 0.25) is 5.95 Å². The van der Waals surface area contributed by atoms with Gasteiger partial charge >= 0.3 is 6.18 Å². The number of nitrogens with zero attached hydrogens (tertiary/aromatic N) is 3. The summed E-state index contributed by atoms with van der Waals surface area (Å²) in [6.45, 7) is 0. The molecule has 0 aliphatic heterocycles. The van der Waals surface area contributed by atoms with Crippen LogP contribution in [0.4, 0.5) is 36.3 Å². The number of alkyl halides is 3. The Labute approximate surface area is 168 Å². The Bertz CT molecular complexity index is 947. The summed E-state index contributed by atoms with van der Waals surface area (Å²) in [6, 6.07) is 13.8. The normalized spacial score (nSPS) is 11.2. The second-order valence-corrected chi connectivity index (χ2v) is 6.73. The van der Waals surface area contributed by atoms with Gasteiger partial charge in [-0.25, -0.2) is 4.98 Å². The monoisotopic (exact) mass is 452 g/mol. The van der Waals surface area contributed by atoms with Crippen LogP contribution in [0.1, 0.15) is 5.56 Å². The minimum absolute atomic E-state index is 0.0529. The smallest absolute Gasteiger partial charge is 0.421 e. The van der Waals surface area contributed by atoms with Crippen LogP contribution in [0.2, 0.25) is 0 Å². The molecular formula is C19H16BrF3N4O. The maximum absolute atomic E-state index is 13.5. The van der Waals surface area contributed by atoms with Crippen molar-refractivity contribution in [1.82, 2.24) is 9.97 Å². The Morgan fingerprint density at radius 2 is 1.68 bits per heavy atom. The molecule has 0 saturated carbocycles. The third-order valence-electron chi connectivity index (χ3n) is 3.95. The zero-order valence-electron chi connectivity index (χ0n) is 15.0. The van der Waals surface area contributed by atoms with Gasteiger partial charge in [-0.15, -0.1) is 0 Å². The fourth-order valence-corrected chi connectivity index (χ4v) is 2.74. The van der Waals surface area contributed by atoms with E-state index in [1.54, 1.807) is 55.6 Å². The van der Waals surface area contributed by atoms with Gasteiger partial charge in [0, 0.05) is 29.1 Å². The lowest BCUT2D eigenvalue weighted by atomic mass is 10.2. The summed E-state index contributed by atoms with van der Waals surface area (Å²) in [7, 11) is 3.07.